The summed E-state index contributed by atoms with van der Waals surface area (Å²) >= 11 is 0. The summed E-state index contributed by atoms with van der Waals surface area (Å²) in [6.45, 7) is 0.434. The summed E-state index contributed by atoms with van der Waals surface area (Å²) in [4.78, 5) is 45.3. The van der Waals surface area contributed by atoms with E-state index < -0.39 is 24.0 Å². The molecule has 4 aromatic carbocycles. The number of aliphatic carboxylic acids is 1. The molecule has 4 aromatic rings. The van der Waals surface area contributed by atoms with E-state index in [9.17, 15) is 19.5 Å². The van der Waals surface area contributed by atoms with Crippen molar-refractivity contribution in [2.45, 2.75) is 18.6 Å². The second-order valence-corrected chi connectivity index (χ2v) is 10.1. The van der Waals surface area contributed by atoms with E-state index in [1.165, 1.54) is 9.80 Å². The number of carbonyl (C=O) groups excluding carboxylic acids is 2. The minimum absolute atomic E-state index is 0.0690. The zero-order valence-corrected chi connectivity index (χ0v) is 22.3. The third-order valence-corrected chi connectivity index (χ3v) is 7.65. The number of fused-ring (bicyclic) bond motifs is 2. The molecule has 1 fully saturated rings. The fourth-order valence-corrected chi connectivity index (χ4v) is 5.61. The van der Waals surface area contributed by atoms with Gasteiger partial charge < -0.3 is 19.6 Å². The number of nitrogens with zero attached hydrogens (tertiary/aromatic N) is 3. The lowest BCUT2D eigenvalue weighted by Gasteiger charge is -2.42. The number of hydrogen-bond acceptors (Lipinski definition) is 4. The molecule has 0 bridgehead atoms. The van der Waals surface area contributed by atoms with Crippen molar-refractivity contribution in [2.75, 3.05) is 24.5 Å². The molecule has 0 spiro atoms. The number of carboxylic acids is 1. The van der Waals surface area contributed by atoms with Crippen LogP contribution in [0.5, 0.6) is 5.75 Å². The van der Waals surface area contributed by atoms with Crippen molar-refractivity contribution < 1.29 is 24.2 Å². The highest BCUT2D eigenvalue weighted by molar-refractivity contribution is 6.03. The first-order valence-electron chi connectivity index (χ1n) is 13.5. The molecule has 0 saturated carbocycles. The van der Waals surface area contributed by atoms with Crippen molar-refractivity contribution in [1.82, 2.24) is 9.80 Å². The van der Waals surface area contributed by atoms with E-state index in [0.717, 1.165) is 16.7 Å². The molecular weight excluding hydrogens is 518 g/mol. The van der Waals surface area contributed by atoms with Gasteiger partial charge in [0.25, 0.3) is 0 Å². The fourth-order valence-electron chi connectivity index (χ4n) is 5.61. The number of carbonyl (C=O) groups is 3. The van der Waals surface area contributed by atoms with Gasteiger partial charge in [-0.2, -0.15) is 0 Å². The van der Waals surface area contributed by atoms with Crippen LogP contribution in [0.1, 0.15) is 22.6 Å². The lowest BCUT2D eigenvalue weighted by molar-refractivity contribution is -0.146. The maximum Gasteiger partial charge on any atom is 0.330 e. The van der Waals surface area contributed by atoms with E-state index in [0.29, 0.717) is 17.1 Å². The molecule has 6 rings (SSSR count). The molecule has 0 aromatic heterocycles. The molecule has 3 amide bonds. The highest BCUT2D eigenvalue weighted by atomic mass is 16.5. The third kappa shape index (κ3) is 5.00. The number of benzene rings is 4. The number of carboxylic acid groups (broad SMARTS) is 1. The predicted molar refractivity (Wildman–Crippen MR) is 154 cm³/mol. The summed E-state index contributed by atoms with van der Waals surface area (Å²) in [5.74, 6) is -1.42. The standard InChI is InChI=1S/C33H29N3O5/c37-31(30(23-11-3-1-4-12-23)24-13-5-2-6-14-24)34-19-20-35(28(21-34)32(38)39)33(40)36-26-16-8-7-15-25(26)22-41-29-18-10-9-17-27(29)36/h1-18,28,30H,19-22H2,(H,38,39)/t28-/m0/s1. The van der Waals surface area contributed by atoms with Gasteiger partial charge in [-0.05, 0) is 29.3 Å². The minimum Gasteiger partial charge on any atom is -0.487 e. The van der Waals surface area contributed by atoms with Crippen LogP contribution < -0.4 is 9.64 Å². The Morgan fingerprint density at radius 1 is 0.732 bits per heavy atom. The molecule has 1 N–H and O–H groups in total. The first kappa shape index (κ1) is 26.1. The van der Waals surface area contributed by atoms with Crippen molar-refractivity contribution in [3.63, 3.8) is 0 Å². The van der Waals surface area contributed by atoms with Gasteiger partial charge in [-0.3, -0.25) is 9.69 Å². The normalized spacial score (nSPS) is 16.3. The van der Waals surface area contributed by atoms with Gasteiger partial charge in [-0.25, -0.2) is 9.59 Å². The van der Waals surface area contributed by atoms with Crippen LogP contribution >= 0.6 is 0 Å². The zero-order valence-electron chi connectivity index (χ0n) is 22.3. The van der Waals surface area contributed by atoms with Gasteiger partial charge in [0.05, 0.1) is 23.8 Å². The van der Waals surface area contributed by atoms with Gasteiger partial charge in [0.1, 0.15) is 18.4 Å². The maximum absolute atomic E-state index is 14.2. The van der Waals surface area contributed by atoms with Crippen molar-refractivity contribution in [3.8, 4) is 5.75 Å². The molecule has 1 saturated heterocycles. The topological polar surface area (TPSA) is 90.4 Å². The number of ether oxygens (including phenoxy) is 1. The molecule has 2 aliphatic rings. The highest BCUT2D eigenvalue weighted by Crippen LogP contribution is 2.40. The number of hydrogen-bond donors (Lipinski definition) is 1. The zero-order chi connectivity index (χ0) is 28.3. The molecule has 8 heteroatoms. The van der Waals surface area contributed by atoms with Gasteiger partial charge in [0, 0.05) is 18.7 Å². The monoisotopic (exact) mass is 547 g/mol. The first-order chi connectivity index (χ1) is 20.0. The fraction of sp³-hybridized carbons (Fsp3) is 0.182. The highest BCUT2D eigenvalue weighted by Gasteiger charge is 2.42. The predicted octanol–water partition coefficient (Wildman–Crippen LogP) is 5.27. The molecule has 8 nitrogen and oxygen atoms in total. The molecule has 2 heterocycles. The summed E-state index contributed by atoms with van der Waals surface area (Å²) in [6, 6.07) is 31.9. The van der Waals surface area contributed by atoms with Gasteiger partial charge in [0.2, 0.25) is 5.91 Å². The first-order valence-corrected chi connectivity index (χ1v) is 13.5. The van der Waals surface area contributed by atoms with Crippen LogP contribution in [0.3, 0.4) is 0 Å². The van der Waals surface area contributed by atoms with Crippen LogP contribution in [0.15, 0.2) is 109 Å². The number of piperazine rings is 1. The molecule has 0 unspecified atom stereocenters. The Balaban J connectivity index is 1.32. The summed E-state index contributed by atoms with van der Waals surface area (Å²) in [5.41, 5.74) is 3.64. The van der Waals surface area contributed by atoms with Crippen LogP contribution in [-0.4, -0.2) is 58.5 Å². The van der Waals surface area contributed by atoms with Gasteiger partial charge in [0.15, 0.2) is 0 Å². The van der Waals surface area contributed by atoms with Gasteiger partial charge in [-0.15, -0.1) is 0 Å². The quantitative estimate of drug-likeness (QED) is 0.376. The van der Waals surface area contributed by atoms with Crippen molar-refractivity contribution in [2.24, 2.45) is 0 Å². The summed E-state index contributed by atoms with van der Waals surface area (Å²) in [5, 5.41) is 10.3. The van der Waals surface area contributed by atoms with E-state index >= 15 is 0 Å². The Bertz CT molecular complexity index is 1490. The number of amides is 3. The second kappa shape index (κ2) is 11.2. The number of urea groups is 1. The molecule has 206 valence electrons. The number of rotatable bonds is 4. The van der Waals surface area contributed by atoms with Gasteiger partial charge >= 0.3 is 12.0 Å². The number of anilines is 2. The Hall–Kier alpha value is -5.11. The molecule has 2 aliphatic heterocycles. The summed E-state index contributed by atoms with van der Waals surface area (Å²) in [6.07, 6.45) is 0. The third-order valence-electron chi connectivity index (χ3n) is 7.65. The Kier molecular flexibility index (Phi) is 7.12. The second-order valence-electron chi connectivity index (χ2n) is 10.1. The lowest BCUT2D eigenvalue weighted by atomic mass is 9.89. The van der Waals surface area contributed by atoms with E-state index in [2.05, 4.69) is 0 Å². The summed E-state index contributed by atoms with van der Waals surface area (Å²) in [7, 11) is 0. The van der Waals surface area contributed by atoms with Gasteiger partial charge in [-0.1, -0.05) is 91.0 Å². The lowest BCUT2D eigenvalue weighted by Crippen LogP contribution is -2.61. The van der Waals surface area contributed by atoms with Crippen LogP contribution in [0.25, 0.3) is 0 Å². The van der Waals surface area contributed by atoms with E-state index in [-0.39, 0.29) is 32.1 Å². The van der Waals surface area contributed by atoms with E-state index in [4.69, 9.17) is 4.74 Å². The largest absolute Gasteiger partial charge is 0.487 e. The molecule has 41 heavy (non-hydrogen) atoms. The van der Waals surface area contributed by atoms with Crippen LogP contribution in [-0.2, 0) is 16.2 Å². The Labute approximate surface area is 238 Å². The average Bonchev–Trinajstić information content (AvgIpc) is 3.18. The average molecular weight is 548 g/mol. The molecule has 0 aliphatic carbocycles. The van der Waals surface area contributed by atoms with Crippen LogP contribution in [0.4, 0.5) is 16.2 Å². The van der Waals surface area contributed by atoms with Crippen molar-refractivity contribution in [1.29, 1.82) is 0 Å². The van der Waals surface area contributed by atoms with E-state index in [1.54, 1.807) is 17.0 Å². The SMILES string of the molecule is O=C(O)[C@@H]1CN(C(=O)C(c2ccccc2)c2ccccc2)CCN1C(=O)N1c2ccccc2COc2ccccc21. The Morgan fingerprint density at radius 2 is 1.32 bits per heavy atom. The minimum atomic E-state index is -1.23. The maximum atomic E-state index is 14.2. The van der Waals surface area contributed by atoms with Crippen LogP contribution in [0.2, 0.25) is 0 Å². The number of para-hydroxylation sites is 3. The smallest absolute Gasteiger partial charge is 0.330 e. The van der Waals surface area contributed by atoms with E-state index in [1.807, 2.05) is 97.1 Å². The summed E-state index contributed by atoms with van der Waals surface area (Å²) < 4.78 is 5.99. The van der Waals surface area contributed by atoms with Crippen LogP contribution in [0, 0.1) is 0 Å². The molecule has 0 radical (unpaired) electrons. The van der Waals surface area contributed by atoms with Crippen molar-refractivity contribution in [3.05, 3.63) is 126 Å². The molecular formula is C33H29N3O5. The van der Waals surface area contributed by atoms with Crippen molar-refractivity contribution >= 4 is 29.3 Å². The Morgan fingerprint density at radius 3 is 1.98 bits per heavy atom. The molecule has 1 atom stereocenters.